The molecule has 2 aromatic carbocycles. The van der Waals surface area contributed by atoms with Crippen molar-refractivity contribution in [1.29, 1.82) is 0 Å². The molecule has 0 radical (unpaired) electrons. The van der Waals surface area contributed by atoms with E-state index in [1.807, 2.05) is 12.2 Å². The first-order valence-corrected chi connectivity index (χ1v) is 9.28. The van der Waals surface area contributed by atoms with Crippen LogP contribution in [0, 0.1) is 11.1 Å². The standard InChI is InChI=1S/C21H16N3O4/c25-19-21(12-5-6-12)13-7-8-14(11-13)23(21)20(26)22(19)17-9-10-18(24(27)28)16-4-2-1-3-15(16)17/h1-5,7-10,13-14,27H,6,11H2/q-1/t13-,14+,21-/m0/s1. The normalized spacial score (nSPS) is 29.7. The highest BCUT2D eigenvalue weighted by atomic mass is 16.8. The number of rotatable bonds is 3. The number of hydrogen-bond acceptors (Lipinski definition) is 5. The maximum Gasteiger partial charge on any atom is 0.333 e. The second-order valence-corrected chi connectivity index (χ2v) is 7.71. The maximum absolute atomic E-state index is 13.7. The average molecular weight is 374 g/mol. The Morgan fingerprint density at radius 2 is 1.86 bits per heavy atom. The highest BCUT2D eigenvalue weighted by molar-refractivity contribution is 6.28. The molecule has 1 N–H and O–H groups in total. The van der Waals surface area contributed by atoms with Crippen molar-refractivity contribution in [3.8, 4) is 0 Å². The minimum atomic E-state index is -0.891. The molecule has 3 amide bonds. The molecule has 2 aromatic rings. The van der Waals surface area contributed by atoms with Gasteiger partial charge in [0.15, 0.2) is 5.54 Å². The molecule has 3 atom stereocenters. The van der Waals surface area contributed by atoms with Crippen molar-refractivity contribution >= 4 is 34.1 Å². The van der Waals surface area contributed by atoms with E-state index in [2.05, 4.69) is 6.08 Å². The van der Waals surface area contributed by atoms with Crippen LogP contribution in [0.5, 0.6) is 0 Å². The van der Waals surface area contributed by atoms with Crippen LogP contribution in [0.4, 0.5) is 16.2 Å². The van der Waals surface area contributed by atoms with Crippen molar-refractivity contribution in [2.45, 2.75) is 24.4 Å². The van der Waals surface area contributed by atoms with Gasteiger partial charge in [-0.25, -0.2) is 9.69 Å². The molecule has 0 saturated carbocycles. The minimum Gasteiger partial charge on any atom is -0.733 e. The van der Waals surface area contributed by atoms with Crippen molar-refractivity contribution in [1.82, 2.24) is 4.90 Å². The van der Waals surface area contributed by atoms with Gasteiger partial charge in [0, 0.05) is 16.7 Å². The van der Waals surface area contributed by atoms with Gasteiger partial charge in [-0.2, -0.15) is 0 Å². The molecule has 2 saturated heterocycles. The lowest BCUT2D eigenvalue weighted by atomic mass is 9.82. The van der Waals surface area contributed by atoms with E-state index < -0.39 is 5.54 Å². The third-order valence-corrected chi connectivity index (χ3v) is 6.46. The fraction of sp³-hybridized carbons (Fsp3) is 0.238. The Balaban J connectivity index is 1.56. The van der Waals surface area contributed by atoms with Crippen molar-refractivity contribution < 1.29 is 14.8 Å². The summed E-state index contributed by atoms with van der Waals surface area (Å²) in [6.07, 6.45) is 7.66. The molecular weight excluding hydrogens is 358 g/mol. The number of anilines is 2. The van der Waals surface area contributed by atoms with Crippen LogP contribution in [0.1, 0.15) is 12.8 Å². The van der Waals surface area contributed by atoms with Crippen LogP contribution in [-0.4, -0.2) is 33.6 Å². The second kappa shape index (κ2) is 5.01. The van der Waals surface area contributed by atoms with E-state index in [0.29, 0.717) is 16.5 Å². The van der Waals surface area contributed by atoms with Gasteiger partial charge >= 0.3 is 6.03 Å². The number of carbonyl (C=O) groups excluding carboxylic acids is 2. The van der Waals surface area contributed by atoms with E-state index in [9.17, 15) is 20.0 Å². The molecule has 0 spiro atoms. The lowest BCUT2D eigenvalue weighted by molar-refractivity contribution is -0.123. The first-order chi connectivity index (χ1) is 13.5. The van der Waals surface area contributed by atoms with E-state index in [1.54, 1.807) is 35.2 Å². The van der Waals surface area contributed by atoms with Gasteiger partial charge in [-0.1, -0.05) is 42.5 Å². The molecule has 7 heteroatoms. The van der Waals surface area contributed by atoms with Crippen LogP contribution in [0.15, 0.2) is 60.2 Å². The van der Waals surface area contributed by atoms with Crippen molar-refractivity contribution in [3.63, 3.8) is 0 Å². The predicted molar refractivity (Wildman–Crippen MR) is 103 cm³/mol. The molecule has 4 aliphatic rings. The monoisotopic (exact) mass is 374 g/mol. The summed E-state index contributed by atoms with van der Waals surface area (Å²) in [5.74, 6) is -0.216. The second-order valence-electron chi connectivity index (χ2n) is 7.71. The van der Waals surface area contributed by atoms with Crippen LogP contribution in [0.2, 0.25) is 0 Å². The zero-order valence-corrected chi connectivity index (χ0v) is 14.8. The first kappa shape index (κ1) is 15.9. The molecule has 2 bridgehead atoms. The quantitative estimate of drug-likeness (QED) is 0.506. The summed E-state index contributed by atoms with van der Waals surface area (Å²) in [4.78, 5) is 30.2. The number of hydrogen-bond donors (Lipinski definition) is 1. The lowest BCUT2D eigenvalue weighted by Crippen LogP contribution is -2.52. The van der Waals surface area contributed by atoms with E-state index >= 15 is 0 Å². The molecule has 7 nitrogen and oxygen atoms in total. The van der Waals surface area contributed by atoms with Gasteiger partial charge in [0.25, 0.3) is 5.91 Å². The maximum atomic E-state index is 13.7. The molecule has 28 heavy (non-hydrogen) atoms. The van der Waals surface area contributed by atoms with Crippen LogP contribution < -0.4 is 10.1 Å². The molecule has 2 aliphatic carbocycles. The molecular formula is C21H16N3O4-. The lowest BCUT2D eigenvalue weighted by Gasteiger charge is -2.34. The van der Waals surface area contributed by atoms with Crippen LogP contribution in [0.3, 0.4) is 0 Å². The number of fused-ring (bicyclic) bond motifs is 6. The molecule has 2 heterocycles. The number of benzene rings is 2. The third kappa shape index (κ3) is 1.67. The fourth-order valence-corrected chi connectivity index (χ4v) is 5.27. The van der Waals surface area contributed by atoms with Gasteiger partial charge in [-0.15, -0.1) is 0 Å². The zero-order chi connectivity index (χ0) is 19.2. The van der Waals surface area contributed by atoms with E-state index in [-0.39, 0.29) is 34.8 Å². The predicted octanol–water partition coefficient (Wildman–Crippen LogP) is 3.33. The average Bonchev–Trinajstić information content (AvgIpc) is 3.28. The molecule has 2 fully saturated rings. The van der Waals surface area contributed by atoms with E-state index in [0.717, 1.165) is 18.4 Å². The summed E-state index contributed by atoms with van der Waals surface area (Å²) in [5, 5.41) is 21.8. The van der Waals surface area contributed by atoms with Gasteiger partial charge < -0.3 is 10.4 Å². The number of carbonyl (C=O) groups is 2. The van der Waals surface area contributed by atoms with E-state index in [4.69, 9.17) is 0 Å². The van der Waals surface area contributed by atoms with Gasteiger partial charge in [-0.3, -0.25) is 14.9 Å². The molecule has 0 aromatic heterocycles. The summed E-state index contributed by atoms with van der Waals surface area (Å²) < 4.78 is 0. The van der Waals surface area contributed by atoms with Crippen LogP contribution in [0.25, 0.3) is 10.8 Å². The topological polar surface area (TPSA) is 87.1 Å². The summed E-state index contributed by atoms with van der Waals surface area (Å²) in [5.41, 5.74) is 0.635. The molecule has 0 unspecified atom stereocenters. The smallest absolute Gasteiger partial charge is 0.333 e. The molecule has 2 aliphatic heterocycles. The third-order valence-electron chi connectivity index (χ3n) is 6.46. The summed E-state index contributed by atoms with van der Waals surface area (Å²) in [6, 6.07) is 9.56. The Bertz CT molecular complexity index is 1140. The minimum absolute atomic E-state index is 0.00723. The largest absolute Gasteiger partial charge is 0.733 e. The number of nitrogens with zero attached hydrogens (tertiary/aromatic N) is 3. The number of allylic oxidation sites excluding steroid dienone is 1. The van der Waals surface area contributed by atoms with Crippen molar-refractivity contribution in [3.05, 3.63) is 65.4 Å². The van der Waals surface area contributed by atoms with Gasteiger partial charge in [0.2, 0.25) is 0 Å². The highest BCUT2D eigenvalue weighted by Gasteiger charge is 2.70. The Morgan fingerprint density at radius 3 is 2.57 bits per heavy atom. The summed E-state index contributed by atoms with van der Waals surface area (Å²) in [6.45, 7) is 0. The van der Waals surface area contributed by atoms with Crippen LogP contribution in [-0.2, 0) is 4.79 Å². The van der Waals surface area contributed by atoms with Crippen molar-refractivity contribution in [2.75, 3.05) is 10.1 Å². The van der Waals surface area contributed by atoms with Crippen LogP contribution >= 0.6 is 0 Å². The Morgan fingerprint density at radius 1 is 1.11 bits per heavy atom. The Labute approximate surface area is 160 Å². The van der Waals surface area contributed by atoms with Gasteiger partial charge in [-0.05, 0) is 30.5 Å². The Kier molecular flexibility index (Phi) is 2.83. The highest BCUT2D eigenvalue weighted by Crippen LogP contribution is 2.58. The number of urea groups is 1. The van der Waals surface area contributed by atoms with Gasteiger partial charge in [0.05, 0.1) is 17.4 Å². The first-order valence-electron chi connectivity index (χ1n) is 9.28. The van der Waals surface area contributed by atoms with E-state index in [1.165, 1.54) is 11.0 Å². The molecule has 140 valence electrons. The Hall–Kier alpha value is -3.16. The van der Waals surface area contributed by atoms with Gasteiger partial charge in [0.1, 0.15) is 0 Å². The molecule has 6 rings (SSSR count). The zero-order valence-electron chi connectivity index (χ0n) is 14.8. The number of imide groups is 1. The fourth-order valence-electron chi connectivity index (χ4n) is 5.27. The summed E-state index contributed by atoms with van der Waals surface area (Å²) in [7, 11) is 0. The SMILES string of the molecule is O=C1N(c2ccc(N([O-])O)c3ccccc23)C(=O)[C@]2(C3=CC3)[C@H]3C=C[C@H](C3)N12. The number of amides is 3. The summed E-state index contributed by atoms with van der Waals surface area (Å²) >= 11 is 0. The van der Waals surface area contributed by atoms with Crippen molar-refractivity contribution in [2.24, 2.45) is 5.92 Å².